The van der Waals surface area contributed by atoms with Gasteiger partial charge in [-0.3, -0.25) is 0 Å². The molecule has 1 fully saturated rings. The first kappa shape index (κ1) is 11.0. The van der Waals surface area contributed by atoms with Crippen molar-refractivity contribution in [2.45, 2.75) is 52.2 Å². The summed E-state index contributed by atoms with van der Waals surface area (Å²) in [5, 5.41) is 9.61. The third-order valence-corrected chi connectivity index (χ3v) is 3.41. The van der Waals surface area contributed by atoms with E-state index < -0.39 is 0 Å². The van der Waals surface area contributed by atoms with Gasteiger partial charge in [0.1, 0.15) is 0 Å². The minimum Gasteiger partial charge on any atom is -0.393 e. The van der Waals surface area contributed by atoms with Gasteiger partial charge in [0.05, 0.1) is 6.10 Å². The standard InChI is InChI=1S/C11H23NO/c1-4-12(5-2)11-8-10(13)7-6-9(11)3/h9-11,13H,4-8H2,1-3H3. The number of hydrogen-bond acceptors (Lipinski definition) is 2. The summed E-state index contributed by atoms with van der Waals surface area (Å²) in [6.07, 6.45) is 3.10. The van der Waals surface area contributed by atoms with Crippen LogP contribution in [-0.2, 0) is 0 Å². The van der Waals surface area contributed by atoms with Gasteiger partial charge in [0.2, 0.25) is 0 Å². The summed E-state index contributed by atoms with van der Waals surface area (Å²) in [6, 6.07) is 0.610. The number of hydrogen-bond donors (Lipinski definition) is 1. The van der Waals surface area contributed by atoms with Crippen LogP contribution in [0, 0.1) is 5.92 Å². The molecule has 0 spiro atoms. The summed E-state index contributed by atoms with van der Waals surface area (Å²) < 4.78 is 0. The van der Waals surface area contributed by atoms with Crippen molar-refractivity contribution in [3.8, 4) is 0 Å². The van der Waals surface area contributed by atoms with Crippen LogP contribution in [0.5, 0.6) is 0 Å². The van der Waals surface area contributed by atoms with Crippen LogP contribution in [0.25, 0.3) is 0 Å². The zero-order valence-corrected chi connectivity index (χ0v) is 9.16. The van der Waals surface area contributed by atoms with Crippen LogP contribution in [0.2, 0.25) is 0 Å². The molecule has 3 unspecified atom stereocenters. The molecule has 0 amide bonds. The first-order valence-corrected chi connectivity index (χ1v) is 5.61. The molecule has 1 saturated carbocycles. The van der Waals surface area contributed by atoms with Gasteiger partial charge in [-0.25, -0.2) is 0 Å². The van der Waals surface area contributed by atoms with E-state index in [9.17, 15) is 5.11 Å². The van der Waals surface area contributed by atoms with E-state index in [-0.39, 0.29) is 6.10 Å². The normalized spacial score (nSPS) is 35.3. The summed E-state index contributed by atoms with van der Waals surface area (Å²) in [5.74, 6) is 0.753. The van der Waals surface area contributed by atoms with Crippen molar-refractivity contribution in [2.24, 2.45) is 5.92 Å². The van der Waals surface area contributed by atoms with E-state index in [1.54, 1.807) is 0 Å². The Balaban J connectivity index is 2.53. The fourth-order valence-corrected chi connectivity index (χ4v) is 2.48. The molecule has 1 aliphatic rings. The fraction of sp³-hybridized carbons (Fsp3) is 1.00. The van der Waals surface area contributed by atoms with E-state index in [4.69, 9.17) is 0 Å². The van der Waals surface area contributed by atoms with Crippen molar-refractivity contribution in [1.29, 1.82) is 0 Å². The molecular formula is C11H23NO. The number of aliphatic hydroxyl groups excluding tert-OH is 1. The van der Waals surface area contributed by atoms with Gasteiger partial charge in [0.25, 0.3) is 0 Å². The Kier molecular flexibility index (Phi) is 4.20. The average molecular weight is 185 g/mol. The maximum absolute atomic E-state index is 9.61. The van der Waals surface area contributed by atoms with Crippen LogP contribution in [0.1, 0.15) is 40.0 Å². The molecule has 1 N–H and O–H groups in total. The van der Waals surface area contributed by atoms with Gasteiger partial charge in [0.15, 0.2) is 0 Å². The van der Waals surface area contributed by atoms with Crippen molar-refractivity contribution in [3.05, 3.63) is 0 Å². The highest BCUT2D eigenvalue weighted by Gasteiger charge is 2.29. The van der Waals surface area contributed by atoms with Gasteiger partial charge < -0.3 is 10.0 Å². The largest absolute Gasteiger partial charge is 0.393 e. The molecule has 0 heterocycles. The first-order valence-electron chi connectivity index (χ1n) is 5.61. The second kappa shape index (κ2) is 4.97. The van der Waals surface area contributed by atoms with Crippen molar-refractivity contribution in [3.63, 3.8) is 0 Å². The second-order valence-electron chi connectivity index (χ2n) is 4.23. The summed E-state index contributed by atoms with van der Waals surface area (Å²) in [4.78, 5) is 2.48. The predicted octanol–water partition coefficient (Wildman–Crippen LogP) is 1.88. The third-order valence-electron chi connectivity index (χ3n) is 3.41. The Morgan fingerprint density at radius 2 is 1.85 bits per heavy atom. The Labute approximate surface area is 81.9 Å². The van der Waals surface area contributed by atoms with E-state index >= 15 is 0 Å². The minimum atomic E-state index is -0.0539. The summed E-state index contributed by atoms with van der Waals surface area (Å²) >= 11 is 0. The molecular weight excluding hydrogens is 162 g/mol. The maximum Gasteiger partial charge on any atom is 0.0555 e. The quantitative estimate of drug-likeness (QED) is 0.725. The highest BCUT2D eigenvalue weighted by Crippen LogP contribution is 2.28. The molecule has 0 aromatic rings. The Morgan fingerprint density at radius 3 is 2.38 bits per heavy atom. The van der Waals surface area contributed by atoms with Gasteiger partial charge >= 0.3 is 0 Å². The van der Waals surface area contributed by atoms with Gasteiger partial charge in [0, 0.05) is 6.04 Å². The second-order valence-corrected chi connectivity index (χ2v) is 4.23. The van der Waals surface area contributed by atoms with Gasteiger partial charge in [-0.2, -0.15) is 0 Å². The Hall–Kier alpha value is -0.0800. The van der Waals surface area contributed by atoms with E-state index in [1.165, 1.54) is 6.42 Å². The van der Waals surface area contributed by atoms with Crippen molar-refractivity contribution >= 4 is 0 Å². The zero-order valence-electron chi connectivity index (χ0n) is 9.16. The van der Waals surface area contributed by atoms with Crippen LogP contribution in [0.15, 0.2) is 0 Å². The highest BCUT2D eigenvalue weighted by atomic mass is 16.3. The topological polar surface area (TPSA) is 23.5 Å². The number of aliphatic hydroxyl groups is 1. The van der Waals surface area contributed by atoms with Gasteiger partial charge in [-0.15, -0.1) is 0 Å². The molecule has 1 aliphatic carbocycles. The molecule has 3 atom stereocenters. The summed E-state index contributed by atoms with van der Waals surface area (Å²) in [5.41, 5.74) is 0. The molecule has 0 saturated heterocycles. The van der Waals surface area contributed by atoms with Crippen LogP contribution < -0.4 is 0 Å². The van der Waals surface area contributed by atoms with Gasteiger partial charge in [-0.05, 0) is 38.3 Å². The molecule has 0 radical (unpaired) electrons. The molecule has 0 bridgehead atoms. The molecule has 2 nitrogen and oxygen atoms in total. The van der Waals surface area contributed by atoms with Crippen LogP contribution in [0.4, 0.5) is 0 Å². The van der Waals surface area contributed by atoms with Gasteiger partial charge in [-0.1, -0.05) is 20.8 Å². The molecule has 0 aromatic carbocycles. The third kappa shape index (κ3) is 2.68. The molecule has 0 aromatic heterocycles. The molecule has 0 aliphatic heterocycles. The van der Waals surface area contributed by atoms with E-state index in [0.717, 1.165) is 31.8 Å². The smallest absolute Gasteiger partial charge is 0.0555 e. The number of rotatable bonds is 3. The summed E-state index contributed by atoms with van der Waals surface area (Å²) in [7, 11) is 0. The average Bonchev–Trinajstić information content (AvgIpc) is 2.13. The SMILES string of the molecule is CCN(CC)C1CC(O)CCC1C. The highest BCUT2D eigenvalue weighted by molar-refractivity contribution is 4.83. The van der Waals surface area contributed by atoms with Crippen LogP contribution >= 0.6 is 0 Å². The maximum atomic E-state index is 9.61. The van der Waals surface area contributed by atoms with E-state index in [0.29, 0.717) is 6.04 Å². The monoisotopic (exact) mass is 185 g/mol. The molecule has 78 valence electrons. The number of nitrogens with zero attached hydrogens (tertiary/aromatic N) is 1. The van der Waals surface area contributed by atoms with E-state index in [2.05, 4.69) is 25.7 Å². The lowest BCUT2D eigenvalue weighted by Crippen LogP contribution is -2.44. The predicted molar refractivity (Wildman–Crippen MR) is 55.7 cm³/mol. The van der Waals surface area contributed by atoms with E-state index in [1.807, 2.05) is 0 Å². The summed E-state index contributed by atoms with van der Waals surface area (Å²) in [6.45, 7) is 8.94. The van der Waals surface area contributed by atoms with Crippen molar-refractivity contribution < 1.29 is 5.11 Å². The lowest BCUT2D eigenvalue weighted by molar-refractivity contribution is 0.0367. The Morgan fingerprint density at radius 1 is 1.23 bits per heavy atom. The molecule has 1 rings (SSSR count). The first-order chi connectivity index (χ1) is 6.19. The zero-order chi connectivity index (χ0) is 9.84. The fourth-order valence-electron chi connectivity index (χ4n) is 2.48. The lowest BCUT2D eigenvalue weighted by atomic mass is 9.83. The molecule has 13 heavy (non-hydrogen) atoms. The van der Waals surface area contributed by atoms with Crippen LogP contribution in [-0.4, -0.2) is 35.2 Å². The van der Waals surface area contributed by atoms with Crippen molar-refractivity contribution in [2.75, 3.05) is 13.1 Å². The van der Waals surface area contributed by atoms with Crippen LogP contribution in [0.3, 0.4) is 0 Å². The van der Waals surface area contributed by atoms with Crippen molar-refractivity contribution in [1.82, 2.24) is 4.90 Å². The lowest BCUT2D eigenvalue weighted by Gasteiger charge is -2.39. The minimum absolute atomic E-state index is 0.0539. The Bertz CT molecular complexity index is 145. The molecule has 2 heteroatoms.